The van der Waals surface area contributed by atoms with E-state index in [-0.39, 0.29) is 40.5 Å². The first kappa shape index (κ1) is 18.9. The Hall–Kier alpha value is -2.90. The Kier molecular flexibility index (Phi) is 5.43. The van der Waals surface area contributed by atoms with E-state index in [1.54, 1.807) is 12.1 Å². The molecular formula is C20H21NO6. The maximum absolute atomic E-state index is 12.8. The van der Waals surface area contributed by atoms with Crippen molar-refractivity contribution >= 4 is 17.3 Å². The van der Waals surface area contributed by atoms with Crippen molar-refractivity contribution in [1.29, 1.82) is 0 Å². The van der Waals surface area contributed by atoms with Crippen LogP contribution in [-0.4, -0.2) is 41.4 Å². The van der Waals surface area contributed by atoms with Crippen molar-refractivity contribution in [2.45, 2.75) is 26.5 Å². The first-order chi connectivity index (χ1) is 13.0. The predicted molar refractivity (Wildman–Crippen MR) is 98.4 cm³/mol. The van der Waals surface area contributed by atoms with E-state index in [2.05, 4.69) is 5.32 Å². The lowest BCUT2D eigenvalue weighted by atomic mass is 9.82. The molecule has 0 fully saturated rings. The highest BCUT2D eigenvalue weighted by Crippen LogP contribution is 2.42. The number of nitrogens with one attached hydrogen (secondary N) is 1. The van der Waals surface area contributed by atoms with E-state index < -0.39 is 23.5 Å². The molecule has 0 saturated heterocycles. The third-order valence-corrected chi connectivity index (χ3v) is 4.39. The lowest BCUT2D eigenvalue weighted by Crippen LogP contribution is -2.25. The summed E-state index contributed by atoms with van der Waals surface area (Å²) in [6.07, 6.45) is 0.0293. The maximum Gasteiger partial charge on any atom is 0.198 e. The second kappa shape index (κ2) is 7.77. The third kappa shape index (κ3) is 3.39. The summed E-state index contributed by atoms with van der Waals surface area (Å²) in [6, 6.07) is 7.55. The second-order valence-corrected chi connectivity index (χ2v) is 6.06. The Balaban J connectivity index is 2.00. The number of carbonyl (C=O) groups excluding carboxylic acids is 2. The van der Waals surface area contributed by atoms with Gasteiger partial charge in [-0.3, -0.25) is 9.59 Å². The van der Waals surface area contributed by atoms with E-state index in [9.17, 15) is 19.8 Å². The van der Waals surface area contributed by atoms with E-state index in [0.29, 0.717) is 13.0 Å². The van der Waals surface area contributed by atoms with Crippen LogP contribution < -0.4 is 5.32 Å². The van der Waals surface area contributed by atoms with Gasteiger partial charge in [-0.25, -0.2) is 0 Å². The van der Waals surface area contributed by atoms with Crippen molar-refractivity contribution in [3.8, 4) is 11.5 Å². The van der Waals surface area contributed by atoms with Gasteiger partial charge in [-0.1, -0.05) is 31.2 Å². The maximum atomic E-state index is 12.8. The standard InChI is InChI=1S/C20H21NO6/c1-3-15(27-10-26-4-2)21-13-9-14(22)16-17(20(13)25)19(24)12-8-6-5-7-11(12)18(16)23/h5-9,15,21-22,25H,3-4,10H2,1-2H3. The van der Waals surface area contributed by atoms with Crippen LogP contribution in [-0.2, 0) is 9.47 Å². The number of aromatic hydroxyl groups is 2. The number of benzene rings is 2. The average molecular weight is 371 g/mol. The van der Waals surface area contributed by atoms with Crippen molar-refractivity contribution in [1.82, 2.24) is 0 Å². The highest BCUT2D eigenvalue weighted by molar-refractivity contribution is 6.30. The molecule has 3 N–H and O–H groups in total. The van der Waals surface area contributed by atoms with Crippen LogP contribution in [0.2, 0.25) is 0 Å². The summed E-state index contributed by atoms with van der Waals surface area (Å²) >= 11 is 0. The lowest BCUT2D eigenvalue weighted by molar-refractivity contribution is -0.0780. The topological polar surface area (TPSA) is 105 Å². The van der Waals surface area contributed by atoms with Gasteiger partial charge in [-0.2, -0.15) is 0 Å². The molecule has 0 spiro atoms. The van der Waals surface area contributed by atoms with Crippen LogP contribution in [0.3, 0.4) is 0 Å². The van der Waals surface area contributed by atoms with Crippen LogP contribution in [0.1, 0.15) is 52.1 Å². The Labute approximate surface area is 156 Å². The summed E-state index contributed by atoms with van der Waals surface area (Å²) in [5.74, 6) is -1.79. The van der Waals surface area contributed by atoms with Crippen LogP contribution in [0, 0.1) is 0 Å². The molecule has 0 heterocycles. The Morgan fingerprint density at radius 3 is 2.26 bits per heavy atom. The molecule has 1 aliphatic carbocycles. The quantitative estimate of drug-likeness (QED) is 0.254. The van der Waals surface area contributed by atoms with Gasteiger partial charge < -0.3 is 25.0 Å². The monoisotopic (exact) mass is 371 g/mol. The molecule has 7 nitrogen and oxygen atoms in total. The number of fused-ring (bicyclic) bond motifs is 2. The van der Waals surface area contributed by atoms with E-state index in [4.69, 9.17) is 9.47 Å². The van der Waals surface area contributed by atoms with Crippen molar-refractivity contribution in [3.05, 3.63) is 52.6 Å². The summed E-state index contributed by atoms with van der Waals surface area (Å²) in [6.45, 7) is 4.26. The molecule has 0 saturated carbocycles. The van der Waals surface area contributed by atoms with Gasteiger partial charge in [-0.15, -0.1) is 0 Å². The molecule has 0 bridgehead atoms. The average Bonchev–Trinajstić information content (AvgIpc) is 2.67. The third-order valence-electron chi connectivity index (χ3n) is 4.39. The molecule has 2 aromatic carbocycles. The second-order valence-electron chi connectivity index (χ2n) is 6.06. The first-order valence-electron chi connectivity index (χ1n) is 8.72. The largest absolute Gasteiger partial charge is 0.507 e. The van der Waals surface area contributed by atoms with Gasteiger partial charge in [-0.05, 0) is 13.3 Å². The molecular weight excluding hydrogens is 350 g/mol. The van der Waals surface area contributed by atoms with Crippen molar-refractivity contribution in [3.63, 3.8) is 0 Å². The zero-order valence-electron chi connectivity index (χ0n) is 15.1. The number of hydrogen-bond donors (Lipinski definition) is 3. The summed E-state index contributed by atoms with van der Waals surface area (Å²) in [5, 5.41) is 24.0. The fourth-order valence-electron chi connectivity index (χ4n) is 3.02. The molecule has 0 aliphatic heterocycles. The number of carbonyl (C=O) groups is 2. The van der Waals surface area contributed by atoms with Gasteiger partial charge in [0, 0.05) is 23.8 Å². The van der Waals surface area contributed by atoms with Crippen LogP contribution >= 0.6 is 0 Å². The van der Waals surface area contributed by atoms with E-state index in [0.717, 1.165) is 0 Å². The lowest BCUT2D eigenvalue weighted by Gasteiger charge is -2.24. The normalized spacial score (nSPS) is 13.9. The number of phenolic OH excluding ortho intramolecular Hbond substituents is 2. The Morgan fingerprint density at radius 2 is 1.67 bits per heavy atom. The van der Waals surface area contributed by atoms with Gasteiger partial charge in [0.2, 0.25) is 0 Å². The van der Waals surface area contributed by atoms with Gasteiger partial charge in [0.1, 0.15) is 18.8 Å². The minimum Gasteiger partial charge on any atom is -0.507 e. The number of anilines is 1. The molecule has 1 unspecified atom stereocenters. The molecule has 3 rings (SSSR count). The summed E-state index contributed by atoms with van der Waals surface area (Å²) in [7, 11) is 0. The first-order valence-corrected chi connectivity index (χ1v) is 8.72. The molecule has 0 amide bonds. The molecule has 142 valence electrons. The van der Waals surface area contributed by atoms with Gasteiger partial charge in [0.15, 0.2) is 17.3 Å². The van der Waals surface area contributed by atoms with E-state index in [1.807, 2.05) is 13.8 Å². The zero-order chi connectivity index (χ0) is 19.6. The summed E-state index contributed by atoms with van der Waals surface area (Å²) in [4.78, 5) is 25.5. The molecule has 1 atom stereocenters. The van der Waals surface area contributed by atoms with Crippen molar-refractivity contribution in [2.24, 2.45) is 0 Å². The van der Waals surface area contributed by atoms with Crippen LogP contribution in [0.4, 0.5) is 5.69 Å². The van der Waals surface area contributed by atoms with Gasteiger partial charge in [0.05, 0.1) is 16.8 Å². The minimum atomic E-state index is -0.514. The Bertz CT molecular complexity index is 892. The molecule has 2 aromatic rings. The number of ether oxygens (including phenoxy) is 2. The van der Waals surface area contributed by atoms with Crippen molar-refractivity contribution < 1.29 is 29.3 Å². The number of ketones is 2. The van der Waals surface area contributed by atoms with Crippen molar-refractivity contribution in [2.75, 3.05) is 18.7 Å². The molecule has 1 aliphatic rings. The van der Waals surface area contributed by atoms with Crippen LogP contribution in [0.15, 0.2) is 30.3 Å². The molecule has 27 heavy (non-hydrogen) atoms. The summed E-state index contributed by atoms with van der Waals surface area (Å²) < 4.78 is 10.6. The molecule has 0 radical (unpaired) electrons. The highest BCUT2D eigenvalue weighted by Gasteiger charge is 2.35. The molecule has 0 aromatic heterocycles. The molecule has 7 heteroatoms. The van der Waals surface area contributed by atoms with Gasteiger partial charge in [0.25, 0.3) is 0 Å². The van der Waals surface area contributed by atoms with Gasteiger partial charge >= 0.3 is 0 Å². The predicted octanol–water partition coefficient (Wildman–Crippen LogP) is 3.03. The highest BCUT2D eigenvalue weighted by atomic mass is 16.7. The summed E-state index contributed by atoms with van der Waals surface area (Å²) in [5.41, 5.74) is 0.111. The fraction of sp³-hybridized carbons (Fsp3) is 0.300. The Morgan fingerprint density at radius 1 is 1.04 bits per heavy atom. The minimum absolute atomic E-state index is 0.0600. The fourth-order valence-corrected chi connectivity index (χ4v) is 3.02. The zero-order valence-corrected chi connectivity index (χ0v) is 15.1. The number of phenols is 2. The SMILES string of the molecule is CCOCOC(CC)Nc1cc(O)c2c(c1O)C(=O)c1ccccc1C2=O. The van der Waals surface area contributed by atoms with E-state index in [1.165, 1.54) is 18.2 Å². The van der Waals surface area contributed by atoms with Crippen LogP contribution in [0.25, 0.3) is 0 Å². The number of hydrogen-bond acceptors (Lipinski definition) is 7. The van der Waals surface area contributed by atoms with Crippen LogP contribution in [0.5, 0.6) is 11.5 Å². The van der Waals surface area contributed by atoms with E-state index >= 15 is 0 Å². The number of rotatable bonds is 7. The smallest absolute Gasteiger partial charge is 0.198 e.